The van der Waals surface area contributed by atoms with Gasteiger partial charge in [0.1, 0.15) is 11.6 Å². The highest BCUT2D eigenvalue weighted by molar-refractivity contribution is 5.88. The molecule has 10 nitrogen and oxygen atoms in total. The number of ether oxygens (including phenoxy) is 2. The van der Waals surface area contributed by atoms with E-state index in [0.717, 1.165) is 37.7 Å². The molecule has 0 heterocycles. The molecule has 0 spiro atoms. The van der Waals surface area contributed by atoms with Gasteiger partial charge in [0.25, 0.3) is 0 Å². The van der Waals surface area contributed by atoms with E-state index in [-0.39, 0.29) is 19.3 Å². The summed E-state index contributed by atoms with van der Waals surface area (Å²) < 4.78 is 10.1. The van der Waals surface area contributed by atoms with Crippen molar-refractivity contribution in [1.29, 1.82) is 0 Å². The summed E-state index contributed by atoms with van der Waals surface area (Å²) >= 11 is 0. The number of methoxy groups -OCH3 is 1. The van der Waals surface area contributed by atoms with Gasteiger partial charge in [-0.15, -0.1) is 0 Å². The summed E-state index contributed by atoms with van der Waals surface area (Å²) in [5.74, 6) is -1.12. The van der Waals surface area contributed by atoms with E-state index < -0.39 is 47.7 Å². The molecule has 1 fully saturated rings. The Morgan fingerprint density at radius 2 is 1.71 bits per heavy atom. The van der Waals surface area contributed by atoms with E-state index >= 15 is 0 Å². The number of carbonyl (C=O) groups is 4. The minimum Gasteiger partial charge on any atom is -0.469 e. The van der Waals surface area contributed by atoms with E-state index in [9.17, 15) is 24.3 Å². The number of aliphatic hydroxyl groups excluding tert-OH is 1. The number of hydrogen-bond donors (Lipinski definition) is 4. The van der Waals surface area contributed by atoms with Crippen LogP contribution < -0.4 is 16.0 Å². The summed E-state index contributed by atoms with van der Waals surface area (Å²) in [6.45, 7) is 5.68. The van der Waals surface area contributed by atoms with Crippen LogP contribution in [0.1, 0.15) is 90.5 Å². The number of amides is 3. The molecular weight excluding hydrogens is 526 g/mol. The van der Waals surface area contributed by atoms with Crippen LogP contribution in [0.15, 0.2) is 30.3 Å². The number of rotatable bonds is 15. The fraction of sp³-hybridized carbons (Fsp3) is 0.677. The van der Waals surface area contributed by atoms with Gasteiger partial charge in [-0.05, 0) is 57.9 Å². The number of nitrogens with one attached hydrogen (secondary N) is 3. The van der Waals surface area contributed by atoms with Gasteiger partial charge in [0.05, 0.1) is 25.7 Å². The fourth-order valence-electron chi connectivity index (χ4n) is 5.04. The lowest BCUT2D eigenvalue weighted by Gasteiger charge is -2.31. The molecule has 3 atom stereocenters. The fourth-order valence-corrected chi connectivity index (χ4v) is 5.04. The van der Waals surface area contributed by atoms with Crippen LogP contribution in [0.2, 0.25) is 0 Å². The Bertz CT molecular complexity index is 958. The number of aryl methyl sites for hydroxylation is 1. The Labute approximate surface area is 244 Å². The van der Waals surface area contributed by atoms with Crippen LogP contribution in [0.4, 0.5) is 4.79 Å². The zero-order chi connectivity index (χ0) is 30.3. The molecule has 1 aliphatic carbocycles. The molecule has 2 rings (SSSR count). The van der Waals surface area contributed by atoms with Crippen molar-refractivity contribution in [2.45, 2.75) is 115 Å². The Balaban J connectivity index is 1.98. The van der Waals surface area contributed by atoms with Crippen LogP contribution in [0, 0.1) is 5.92 Å². The van der Waals surface area contributed by atoms with Gasteiger partial charge in [0.2, 0.25) is 11.8 Å². The largest absolute Gasteiger partial charge is 0.469 e. The minimum atomic E-state index is -1.18. The Kier molecular flexibility index (Phi) is 14.6. The third kappa shape index (κ3) is 14.4. The molecule has 0 unspecified atom stereocenters. The molecule has 0 saturated heterocycles. The van der Waals surface area contributed by atoms with Crippen LogP contribution in [-0.2, 0) is 30.3 Å². The third-order valence-corrected chi connectivity index (χ3v) is 7.17. The molecule has 0 aromatic heterocycles. The van der Waals surface area contributed by atoms with Crippen molar-refractivity contribution in [2.75, 3.05) is 13.7 Å². The lowest BCUT2D eigenvalue weighted by atomic mass is 9.83. The number of hydrogen-bond acceptors (Lipinski definition) is 7. The zero-order valence-corrected chi connectivity index (χ0v) is 25.1. The van der Waals surface area contributed by atoms with Crippen molar-refractivity contribution in [1.82, 2.24) is 16.0 Å². The highest BCUT2D eigenvalue weighted by atomic mass is 16.6. The van der Waals surface area contributed by atoms with E-state index in [1.54, 1.807) is 20.8 Å². The van der Waals surface area contributed by atoms with Crippen molar-refractivity contribution >= 4 is 23.9 Å². The van der Waals surface area contributed by atoms with Crippen LogP contribution in [0.5, 0.6) is 0 Å². The van der Waals surface area contributed by atoms with Crippen molar-refractivity contribution in [3.63, 3.8) is 0 Å². The first-order valence-electron chi connectivity index (χ1n) is 14.8. The smallest absolute Gasteiger partial charge is 0.407 e. The van der Waals surface area contributed by atoms with Gasteiger partial charge < -0.3 is 30.5 Å². The monoisotopic (exact) mass is 575 g/mol. The SMILES string of the molecule is COC(=O)CC[C@H](NC(=O)C[C@H](O)[C@H](CC1CCCCC1)NC(=O)OC(C)(C)C)C(=O)NCCCc1ccccc1. The van der Waals surface area contributed by atoms with Gasteiger partial charge in [0, 0.05) is 13.0 Å². The molecular formula is C31H49N3O7. The topological polar surface area (TPSA) is 143 Å². The highest BCUT2D eigenvalue weighted by Crippen LogP contribution is 2.28. The number of benzene rings is 1. The normalized spacial score (nSPS) is 16.1. The maximum Gasteiger partial charge on any atom is 0.407 e. The molecule has 41 heavy (non-hydrogen) atoms. The van der Waals surface area contributed by atoms with Gasteiger partial charge in [-0.1, -0.05) is 62.4 Å². The maximum absolute atomic E-state index is 13.0. The number of alkyl carbamates (subject to hydrolysis) is 1. The summed E-state index contributed by atoms with van der Waals surface area (Å²) in [5, 5.41) is 19.3. The molecule has 1 aromatic carbocycles. The predicted molar refractivity (Wildman–Crippen MR) is 156 cm³/mol. The Morgan fingerprint density at radius 3 is 2.34 bits per heavy atom. The van der Waals surface area contributed by atoms with Crippen molar-refractivity contribution < 1.29 is 33.8 Å². The van der Waals surface area contributed by atoms with Gasteiger partial charge in [-0.25, -0.2) is 4.79 Å². The molecule has 3 amide bonds. The van der Waals surface area contributed by atoms with Crippen LogP contribution in [0.3, 0.4) is 0 Å². The maximum atomic E-state index is 13.0. The summed E-state index contributed by atoms with van der Waals surface area (Å²) in [4.78, 5) is 50.2. The number of esters is 1. The summed E-state index contributed by atoms with van der Waals surface area (Å²) in [6.07, 6.45) is 5.28. The second-order valence-electron chi connectivity index (χ2n) is 11.9. The Hall–Kier alpha value is -3.14. The van der Waals surface area contributed by atoms with E-state index in [1.165, 1.54) is 13.5 Å². The average molecular weight is 576 g/mol. The molecule has 230 valence electrons. The van der Waals surface area contributed by atoms with E-state index in [4.69, 9.17) is 9.47 Å². The van der Waals surface area contributed by atoms with Crippen LogP contribution in [-0.4, -0.2) is 66.4 Å². The number of carbonyl (C=O) groups excluding carboxylic acids is 4. The van der Waals surface area contributed by atoms with E-state index in [1.807, 2.05) is 30.3 Å². The zero-order valence-electron chi connectivity index (χ0n) is 25.1. The Morgan fingerprint density at radius 1 is 1.02 bits per heavy atom. The first-order valence-corrected chi connectivity index (χ1v) is 14.8. The van der Waals surface area contributed by atoms with Gasteiger partial charge in [0.15, 0.2) is 0 Å². The summed E-state index contributed by atoms with van der Waals surface area (Å²) in [5.41, 5.74) is 0.456. The summed E-state index contributed by atoms with van der Waals surface area (Å²) in [6, 6.07) is 8.26. The van der Waals surface area contributed by atoms with Crippen LogP contribution in [0.25, 0.3) is 0 Å². The average Bonchev–Trinajstić information content (AvgIpc) is 2.92. The van der Waals surface area contributed by atoms with Gasteiger partial charge >= 0.3 is 12.1 Å². The molecule has 0 radical (unpaired) electrons. The second kappa shape index (κ2) is 17.6. The predicted octanol–water partition coefficient (Wildman–Crippen LogP) is 3.79. The van der Waals surface area contributed by atoms with Crippen molar-refractivity contribution in [3.05, 3.63) is 35.9 Å². The van der Waals surface area contributed by atoms with Crippen LogP contribution >= 0.6 is 0 Å². The molecule has 1 aliphatic rings. The molecule has 0 bridgehead atoms. The van der Waals surface area contributed by atoms with E-state index in [2.05, 4.69) is 16.0 Å². The van der Waals surface area contributed by atoms with Crippen molar-refractivity contribution in [2.24, 2.45) is 5.92 Å². The standard InChI is InChI=1S/C31H49N3O7/c1-31(2,3)41-30(39)34-25(20-23-14-9-6-10-15-23)26(35)21-27(36)33-24(17-18-28(37)40-4)29(38)32-19-11-16-22-12-7-5-8-13-22/h5,7-8,12-13,23-26,35H,6,9-11,14-21H2,1-4H3,(H,32,38)(H,33,36)(H,34,39)/t24-,25-,26-/m0/s1. The quantitative estimate of drug-likeness (QED) is 0.184. The minimum absolute atomic E-state index is 0.0497. The highest BCUT2D eigenvalue weighted by Gasteiger charge is 2.30. The lowest BCUT2D eigenvalue weighted by molar-refractivity contribution is -0.141. The number of aliphatic hydroxyl groups is 1. The van der Waals surface area contributed by atoms with Gasteiger partial charge in [-0.3, -0.25) is 14.4 Å². The molecule has 1 saturated carbocycles. The van der Waals surface area contributed by atoms with E-state index in [0.29, 0.717) is 25.3 Å². The molecule has 4 N–H and O–H groups in total. The lowest BCUT2D eigenvalue weighted by Crippen LogP contribution is -2.51. The molecule has 10 heteroatoms. The third-order valence-electron chi connectivity index (χ3n) is 7.17. The second-order valence-corrected chi connectivity index (χ2v) is 11.9. The van der Waals surface area contributed by atoms with Crippen molar-refractivity contribution in [3.8, 4) is 0 Å². The summed E-state index contributed by atoms with van der Waals surface area (Å²) in [7, 11) is 1.26. The first kappa shape index (κ1) is 34.1. The first-order chi connectivity index (χ1) is 19.5. The molecule has 0 aliphatic heterocycles. The van der Waals surface area contributed by atoms with Gasteiger partial charge in [-0.2, -0.15) is 0 Å². The molecule has 1 aromatic rings.